The number of hydrogen-bond acceptors (Lipinski definition) is 0. The van der Waals surface area contributed by atoms with Gasteiger partial charge in [0.25, 0.3) is 0 Å². The van der Waals surface area contributed by atoms with Crippen LogP contribution in [0.5, 0.6) is 0 Å². The second-order valence-corrected chi connectivity index (χ2v) is 10.4. The lowest BCUT2D eigenvalue weighted by Gasteiger charge is -2.25. The first kappa shape index (κ1) is 20.9. The Morgan fingerprint density at radius 3 is 1.72 bits per heavy atom. The SMILES string of the molecule is [C-](c1ccccc1-c1ccccc1P(c1ccccc1)c1ccccc1)=[N+]1CCCCC1. The second-order valence-electron chi connectivity index (χ2n) is 8.23. The lowest BCUT2D eigenvalue weighted by molar-refractivity contribution is -0.532. The molecule has 0 radical (unpaired) electrons. The van der Waals surface area contributed by atoms with Gasteiger partial charge >= 0.3 is 0 Å². The maximum Gasteiger partial charge on any atom is 0.131 e. The average molecular weight is 434 g/mol. The minimum Gasteiger partial charge on any atom is -0.287 e. The second kappa shape index (κ2) is 10.1. The molecule has 4 aromatic carbocycles. The molecule has 0 aromatic heterocycles. The van der Waals surface area contributed by atoms with Crippen molar-refractivity contribution in [3.8, 4) is 11.1 Å². The Labute approximate surface area is 192 Å². The Balaban J connectivity index is 1.66. The third kappa shape index (κ3) is 4.59. The van der Waals surface area contributed by atoms with Crippen molar-refractivity contribution in [2.75, 3.05) is 13.1 Å². The van der Waals surface area contributed by atoms with E-state index in [2.05, 4.69) is 120 Å². The standard InChI is InChI=1S/C30H28NP/c1-4-15-26(16-5-1)32(27-17-6-2-7-18-27)30-21-11-10-20-29(30)28-19-9-8-14-25(28)24-31-22-12-3-13-23-31/h1-2,4-11,14-21H,3,12-13,22-23H2. The van der Waals surface area contributed by atoms with Crippen LogP contribution in [-0.2, 0) is 0 Å². The Morgan fingerprint density at radius 2 is 1.06 bits per heavy atom. The molecule has 0 amide bonds. The fourth-order valence-corrected chi connectivity index (χ4v) is 6.94. The Hall–Kier alpha value is -3.02. The molecule has 4 aromatic rings. The summed E-state index contributed by atoms with van der Waals surface area (Å²) in [5, 5.41) is 4.15. The van der Waals surface area contributed by atoms with Crippen LogP contribution in [0.1, 0.15) is 24.8 Å². The molecule has 1 nitrogen and oxygen atoms in total. The summed E-state index contributed by atoms with van der Waals surface area (Å²) in [4.78, 5) is 0. The Morgan fingerprint density at radius 1 is 0.531 bits per heavy atom. The summed E-state index contributed by atoms with van der Waals surface area (Å²) in [5.74, 6) is 0. The third-order valence-electron chi connectivity index (χ3n) is 6.03. The zero-order chi connectivity index (χ0) is 21.6. The number of nitrogens with zero attached hydrogens (tertiary/aromatic N) is 1. The number of benzene rings is 4. The van der Waals surface area contributed by atoms with Crippen molar-refractivity contribution in [3.05, 3.63) is 115 Å². The van der Waals surface area contributed by atoms with Crippen LogP contribution in [-0.4, -0.2) is 23.9 Å². The molecule has 158 valence electrons. The van der Waals surface area contributed by atoms with Gasteiger partial charge in [0, 0.05) is 12.8 Å². The first-order valence-corrected chi connectivity index (χ1v) is 12.8. The van der Waals surface area contributed by atoms with Gasteiger partial charge < -0.3 is 0 Å². The van der Waals surface area contributed by atoms with Gasteiger partial charge in [-0.3, -0.25) is 4.58 Å². The van der Waals surface area contributed by atoms with E-state index < -0.39 is 7.92 Å². The van der Waals surface area contributed by atoms with Crippen molar-refractivity contribution < 1.29 is 4.58 Å². The molecule has 1 heterocycles. The summed E-state index contributed by atoms with van der Waals surface area (Å²) >= 11 is 0. The Kier molecular flexibility index (Phi) is 6.56. The molecule has 2 heteroatoms. The highest BCUT2D eigenvalue weighted by atomic mass is 31.1. The summed E-state index contributed by atoms with van der Waals surface area (Å²) < 4.78 is 2.38. The topological polar surface area (TPSA) is 3.01 Å². The highest BCUT2D eigenvalue weighted by molar-refractivity contribution is 7.80. The largest absolute Gasteiger partial charge is 0.287 e. The van der Waals surface area contributed by atoms with E-state index in [1.54, 1.807) is 0 Å². The minimum absolute atomic E-state index is 0.664. The number of rotatable bonds is 5. The predicted molar refractivity (Wildman–Crippen MR) is 139 cm³/mol. The van der Waals surface area contributed by atoms with Crippen LogP contribution in [0, 0.1) is 0 Å². The van der Waals surface area contributed by atoms with E-state index >= 15 is 0 Å². The van der Waals surface area contributed by atoms with Crippen molar-refractivity contribution >= 4 is 30.0 Å². The van der Waals surface area contributed by atoms with Gasteiger partial charge in [-0.25, -0.2) is 0 Å². The van der Waals surface area contributed by atoms with Crippen LogP contribution in [0.25, 0.3) is 11.1 Å². The summed E-state index contributed by atoms with van der Waals surface area (Å²) in [6.45, 7) is 2.22. The van der Waals surface area contributed by atoms with Crippen molar-refractivity contribution in [3.63, 3.8) is 0 Å². The van der Waals surface area contributed by atoms with Gasteiger partial charge in [-0.05, 0) is 30.3 Å². The molecule has 0 spiro atoms. The zero-order valence-electron chi connectivity index (χ0n) is 18.3. The van der Waals surface area contributed by atoms with Gasteiger partial charge in [0.15, 0.2) is 0 Å². The summed E-state index contributed by atoms with van der Waals surface area (Å²) in [7, 11) is -0.664. The minimum atomic E-state index is -0.664. The smallest absolute Gasteiger partial charge is 0.131 e. The van der Waals surface area contributed by atoms with Gasteiger partial charge in [-0.15, -0.1) is 23.3 Å². The van der Waals surface area contributed by atoms with Crippen LogP contribution in [0.4, 0.5) is 0 Å². The molecule has 1 saturated heterocycles. The molecule has 0 aliphatic carbocycles. The molecule has 1 aliphatic heterocycles. The summed E-state index contributed by atoms with van der Waals surface area (Å²) in [5.41, 5.74) is 3.78. The third-order valence-corrected chi connectivity index (χ3v) is 8.53. The first-order chi connectivity index (χ1) is 15.9. The Bertz CT molecular complexity index is 1150. The zero-order valence-corrected chi connectivity index (χ0v) is 19.2. The lowest BCUT2D eigenvalue weighted by Crippen LogP contribution is -2.23. The van der Waals surface area contributed by atoms with Gasteiger partial charge in [-0.2, -0.15) is 6.07 Å². The van der Waals surface area contributed by atoms with E-state index in [1.165, 1.54) is 51.9 Å². The van der Waals surface area contributed by atoms with Gasteiger partial charge in [0.2, 0.25) is 0 Å². The molecule has 0 bridgehead atoms. The highest BCUT2D eigenvalue weighted by Crippen LogP contribution is 2.37. The van der Waals surface area contributed by atoms with Crippen molar-refractivity contribution in [2.24, 2.45) is 0 Å². The van der Waals surface area contributed by atoms with Crippen molar-refractivity contribution in [1.82, 2.24) is 0 Å². The lowest BCUT2D eigenvalue weighted by atomic mass is 10.00. The summed E-state index contributed by atoms with van der Waals surface area (Å²) in [6, 6.07) is 39.6. The molecule has 0 unspecified atom stereocenters. The normalized spacial score (nSPS) is 13.8. The molecule has 5 rings (SSSR count). The number of piperidine rings is 1. The van der Waals surface area contributed by atoms with Crippen molar-refractivity contribution in [1.29, 1.82) is 0 Å². The van der Waals surface area contributed by atoms with Gasteiger partial charge in [-0.1, -0.05) is 96.6 Å². The fourth-order valence-electron chi connectivity index (χ4n) is 4.47. The maximum absolute atomic E-state index is 3.73. The predicted octanol–water partition coefficient (Wildman–Crippen LogP) is 5.60. The van der Waals surface area contributed by atoms with E-state index in [4.69, 9.17) is 0 Å². The molecule has 1 fully saturated rings. The maximum atomic E-state index is 3.73. The van der Waals surface area contributed by atoms with Crippen LogP contribution >= 0.6 is 7.92 Å². The van der Waals surface area contributed by atoms with Crippen LogP contribution < -0.4 is 15.9 Å². The monoisotopic (exact) mass is 433 g/mol. The fraction of sp³-hybridized carbons (Fsp3) is 0.167. The first-order valence-electron chi connectivity index (χ1n) is 11.5. The number of hydrogen-bond donors (Lipinski definition) is 0. The summed E-state index contributed by atoms with van der Waals surface area (Å²) in [6.07, 6.45) is 7.59. The molecular formula is C30H28NP. The van der Waals surface area contributed by atoms with Crippen LogP contribution in [0.3, 0.4) is 0 Å². The van der Waals surface area contributed by atoms with E-state index in [9.17, 15) is 0 Å². The van der Waals surface area contributed by atoms with E-state index in [0.29, 0.717) is 0 Å². The quantitative estimate of drug-likeness (QED) is 0.219. The molecule has 1 aliphatic rings. The molecule has 0 atom stereocenters. The highest BCUT2D eigenvalue weighted by Gasteiger charge is 2.19. The van der Waals surface area contributed by atoms with Gasteiger partial charge in [0.05, 0.1) is 0 Å². The molecular weight excluding hydrogens is 405 g/mol. The average Bonchev–Trinajstić information content (AvgIpc) is 2.87. The van der Waals surface area contributed by atoms with Gasteiger partial charge in [0.1, 0.15) is 19.3 Å². The van der Waals surface area contributed by atoms with Crippen LogP contribution in [0.15, 0.2) is 109 Å². The molecule has 0 saturated carbocycles. The van der Waals surface area contributed by atoms with E-state index in [1.807, 2.05) is 0 Å². The molecule has 32 heavy (non-hydrogen) atoms. The van der Waals surface area contributed by atoms with Crippen molar-refractivity contribution in [2.45, 2.75) is 19.3 Å². The molecule has 0 N–H and O–H groups in total. The van der Waals surface area contributed by atoms with E-state index in [-0.39, 0.29) is 0 Å². The van der Waals surface area contributed by atoms with Crippen LogP contribution in [0.2, 0.25) is 0 Å². The van der Waals surface area contributed by atoms with E-state index in [0.717, 1.165) is 13.1 Å².